The Bertz CT molecular complexity index is 333. The predicted molar refractivity (Wildman–Crippen MR) is 61.8 cm³/mol. The molecular weight excluding hydrogens is 230 g/mol. The second kappa shape index (κ2) is 6.68. The Labute approximate surface area is 100 Å². The van der Waals surface area contributed by atoms with E-state index in [9.17, 15) is 0 Å². The number of rotatable bonds is 6. The molecule has 0 fully saturated rings. The number of hydrogen-bond acceptors (Lipinski definition) is 4. The molecule has 1 unspecified atom stereocenters. The summed E-state index contributed by atoms with van der Waals surface area (Å²) in [5, 5.41) is 9.29. The number of aliphatic hydroxyl groups is 1. The molecule has 1 N–H and O–H groups in total. The second-order valence-electron chi connectivity index (χ2n) is 3.38. The summed E-state index contributed by atoms with van der Waals surface area (Å²) in [4.78, 5) is 4.03. The van der Waals surface area contributed by atoms with E-state index in [1.54, 1.807) is 6.07 Å². The molecule has 0 saturated heterocycles. The first kappa shape index (κ1) is 13.2. The second-order valence-corrected chi connectivity index (χ2v) is 3.78. The van der Waals surface area contributed by atoms with Gasteiger partial charge in [0.1, 0.15) is 11.1 Å². The largest absolute Gasteiger partial charge is 0.471 e. The lowest BCUT2D eigenvalue weighted by molar-refractivity contribution is 0.0634. The molecule has 0 amide bonds. The average molecular weight is 246 g/mol. The highest BCUT2D eigenvalue weighted by molar-refractivity contribution is 6.31. The van der Waals surface area contributed by atoms with Gasteiger partial charge in [-0.25, -0.2) is 4.98 Å². The van der Waals surface area contributed by atoms with E-state index in [0.717, 1.165) is 0 Å². The number of pyridine rings is 1. The number of aliphatic hydroxyl groups excluding tert-OH is 1. The molecule has 5 heteroatoms. The molecule has 1 atom stereocenters. The van der Waals surface area contributed by atoms with Crippen LogP contribution in [0, 0.1) is 0 Å². The molecule has 0 aliphatic carbocycles. The molecule has 0 aromatic carbocycles. The summed E-state index contributed by atoms with van der Waals surface area (Å²) in [6, 6.07) is 1.64. The van der Waals surface area contributed by atoms with Gasteiger partial charge in [-0.2, -0.15) is 0 Å². The quantitative estimate of drug-likeness (QED) is 0.833. The van der Waals surface area contributed by atoms with Gasteiger partial charge in [-0.1, -0.05) is 11.6 Å². The monoisotopic (exact) mass is 245 g/mol. The minimum absolute atomic E-state index is 0.0818. The van der Waals surface area contributed by atoms with Crippen LogP contribution in [0.1, 0.15) is 19.4 Å². The maximum atomic E-state index is 8.89. The molecule has 1 aromatic rings. The van der Waals surface area contributed by atoms with Crippen molar-refractivity contribution in [3.05, 3.63) is 22.8 Å². The number of nitrogens with zero attached hydrogens (tertiary/aromatic N) is 1. The van der Waals surface area contributed by atoms with Crippen LogP contribution in [-0.4, -0.2) is 29.4 Å². The molecule has 1 heterocycles. The van der Waals surface area contributed by atoms with E-state index in [2.05, 4.69) is 4.98 Å². The van der Waals surface area contributed by atoms with Gasteiger partial charge in [-0.3, -0.25) is 0 Å². The Morgan fingerprint density at radius 1 is 1.56 bits per heavy atom. The molecule has 0 spiro atoms. The van der Waals surface area contributed by atoms with Gasteiger partial charge in [0.05, 0.1) is 13.2 Å². The smallest absolute Gasteiger partial charge is 0.232 e. The topological polar surface area (TPSA) is 51.6 Å². The van der Waals surface area contributed by atoms with Gasteiger partial charge in [-0.15, -0.1) is 0 Å². The van der Waals surface area contributed by atoms with Crippen LogP contribution in [0.4, 0.5) is 0 Å². The van der Waals surface area contributed by atoms with Crippen molar-refractivity contribution in [3.8, 4) is 5.88 Å². The van der Waals surface area contributed by atoms with E-state index in [1.807, 2.05) is 13.8 Å². The molecule has 4 nitrogen and oxygen atoms in total. The lowest BCUT2D eigenvalue weighted by Crippen LogP contribution is -2.19. The summed E-state index contributed by atoms with van der Waals surface area (Å²) in [7, 11) is 0. The zero-order chi connectivity index (χ0) is 12.0. The van der Waals surface area contributed by atoms with Gasteiger partial charge >= 0.3 is 0 Å². The highest BCUT2D eigenvalue weighted by atomic mass is 35.5. The molecular formula is C11H16ClNO3. The maximum Gasteiger partial charge on any atom is 0.232 e. The molecule has 0 aliphatic rings. The van der Waals surface area contributed by atoms with Crippen LogP contribution in [0.15, 0.2) is 12.3 Å². The zero-order valence-corrected chi connectivity index (χ0v) is 10.2. The van der Waals surface area contributed by atoms with Gasteiger partial charge in [0.15, 0.2) is 0 Å². The lowest BCUT2D eigenvalue weighted by Gasteiger charge is -2.14. The van der Waals surface area contributed by atoms with E-state index < -0.39 is 0 Å². The van der Waals surface area contributed by atoms with Crippen molar-refractivity contribution in [2.45, 2.75) is 26.6 Å². The lowest BCUT2D eigenvalue weighted by atomic mass is 10.3. The number of hydrogen-bond donors (Lipinski definition) is 1. The molecule has 1 rings (SSSR count). The van der Waals surface area contributed by atoms with Crippen molar-refractivity contribution in [1.29, 1.82) is 0 Å². The molecule has 0 radical (unpaired) electrons. The van der Waals surface area contributed by atoms with Crippen molar-refractivity contribution in [3.63, 3.8) is 0 Å². The maximum absolute atomic E-state index is 8.89. The van der Waals surface area contributed by atoms with Crippen molar-refractivity contribution >= 4 is 11.6 Å². The van der Waals surface area contributed by atoms with Crippen LogP contribution < -0.4 is 4.74 Å². The van der Waals surface area contributed by atoms with E-state index in [-0.39, 0.29) is 12.7 Å². The van der Waals surface area contributed by atoms with Crippen LogP contribution in [0.3, 0.4) is 0 Å². The SMILES string of the molecule is CCOCC(C)Oc1ncc(CO)cc1Cl. The van der Waals surface area contributed by atoms with Crippen LogP contribution in [0.2, 0.25) is 5.02 Å². The summed E-state index contributed by atoms with van der Waals surface area (Å²) >= 11 is 5.95. The number of ether oxygens (including phenoxy) is 2. The first-order chi connectivity index (χ1) is 7.67. The predicted octanol–water partition coefficient (Wildman–Crippen LogP) is 2.03. The van der Waals surface area contributed by atoms with Crippen molar-refractivity contribution < 1.29 is 14.6 Å². The normalized spacial score (nSPS) is 12.5. The Morgan fingerprint density at radius 2 is 2.31 bits per heavy atom. The first-order valence-electron chi connectivity index (χ1n) is 5.17. The third-order valence-electron chi connectivity index (χ3n) is 1.92. The minimum Gasteiger partial charge on any atom is -0.471 e. The van der Waals surface area contributed by atoms with Crippen LogP contribution >= 0.6 is 11.6 Å². The van der Waals surface area contributed by atoms with Gasteiger partial charge < -0.3 is 14.6 Å². The fourth-order valence-corrected chi connectivity index (χ4v) is 1.38. The van der Waals surface area contributed by atoms with Crippen LogP contribution in [-0.2, 0) is 11.3 Å². The summed E-state index contributed by atoms with van der Waals surface area (Å²) in [6.07, 6.45) is 1.43. The van der Waals surface area contributed by atoms with E-state index >= 15 is 0 Å². The van der Waals surface area contributed by atoms with Gasteiger partial charge in [0.25, 0.3) is 0 Å². The van der Waals surface area contributed by atoms with Crippen LogP contribution in [0.25, 0.3) is 0 Å². The fourth-order valence-electron chi connectivity index (χ4n) is 1.15. The third kappa shape index (κ3) is 3.96. The Balaban J connectivity index is 2.59. The molecule has 16 heavy (non-hydrogen) atoms. The van der Waals surface area contributed by atoms with Crippen LogP contribution in [0.5, 0.6) is 5.88 Å². The van der Waals surface area contributed by atoms with Crippen molar-refractivity contribution in [1.82, 2.24) is 4.98 Å². The molecule has 90 valence electrons. The van der Waals surface area contributed by atoms with Gasteiger partial charge in [-0.05, 0) is 25.5 Å². The summed E-state index contributed by atoms with van der Waals surface area (Å²) in [5.41, 5.74) is 0.662. The first-order valence-corrected chi connectivity index (χ1v) is 5.54. The molecule has 0 bridgehead atoms. The van der Waals surface area contributed by atoms with Gasteiger partial charge in [0.2, 0.25) is 5.88 Å². The summed E-state index contributed by atoms with van der Waals surface area (Å²) < 4.78 is 10.7. The molecule has 0 saturated carbocycles. The van der Waals surface area contributed by atoms with Crippen molar-refractivity contribution in [2.75, 3.05) is 13.2 Å². The Morgan fingerprint density at radius 3 is 2.88 bits per heavy atom. The van der Waals surface area contributed by atoms with Crippen molar-refractivity contribution in [2.24, 2.45) is 0 Å². The Hall–Kier alpha value is -0.840. The zero-order valence-electron chi connectivity index (χ0n) is 9.44. The highest BCUT2D eigenvalue weighted by Crippen LogP contribution is 2.23. The summed E-state index contributed by atoms with van der Waals surface area (Å²) in [5.74, 6) is 0.367. The fraction of sp³-hybridized carbons (Fsp3) is 0.545. The third-order valence-corrected chi connectivity index (χ3v) is 2.19. The molecule has 0 aliphatic heterocycles. The van der Waals surface area contributed by atoms with E-state index in [4.69, 9.17) is 26.2 Å². The average Bonchev–Trinajstić information content (AvgIpc) is 2.29. The van der Waals surface area contributed by atoms with Gasteiger partial charge in [0, 0.05) is 12.8 Å². The highest BCUT2D eigenvalue weighted by Gasteiger charge is 2.09. The van der Waals surface area contributed by atoms with E-state index in [1.165, 1.54) is 6.20 Å². The number of halogens is 1. The minimum atomic E-state index is -0.107. The summed E-state index contributed by atoms with van der Waals surface area (Å²) in [6.45, 7) is 4.87. The van der Waals surface area contributed by atoms with E-state index in [0.29, 0.717) is 29.7 Å². The standard InChI is InChI=1S/C11H16ClNO3/c1-3-15-7-8(2)16-11-10(12)4-9(6-14)5-13-11/h4-5,8,14H,3,6-7H2,1-2H3. The number of aromatic nitrogens is 1. The Kier molecular flexibility index (Phi) is 5.52. The molecule has 1 aromatic heterocycles.